The van der Waals surface area contributed by atoms with E-state index in [1.54, 1.807) is 30.2 Å². The number of nitrogens with zero attached hydrogens (tertiary/aromatic N) is 6. The number of carbonyl (C=O) groups excluding carboxylic acids is 1. The number of aromatic amines is 1. The average molecular weight is 465 g/mol. The molecule has 0 radical (unpaired) electrons. The molecule has 1 aliphatic rings. The Labute approximate surface area is 187 Å². The Hall–Kier alpha value is -3.15. The van der Waals surface area contributed by atoms with Crippen LogP contribution in [0.5, 0.6) is 0 Å². The molecule has 4 heterocycles. The van der Waals surface area contributed by atoms with Gasteiger partial charge < -0.3 is 4.90 Å². The molecule has 0 aromatic carbocycles. The van der Waals surface area contributed by atoms with Crippen LogP contribution < -0.4 is 5.56 Å². The monoisotopic (exact) mass is 465 g/mol. The number of hydrogen-bond donors (Lipinski definition) is 1. The van der Waals surface area contributed by atoms with Gasteiger partial charge in [-0.05, 0) is 31.9 Å². The summed E-state index contributed by atoms with van der Waals surface area (Å²) in [5.41, 5.74) is 0.839. The fourth-order valence-electron chi connectivity index (χ4n) is 4.48. The highest BCUT2D eigenvalue weighted by atomic mass is 19.4. The molecule has 1 N–H and O–H groups in total. The number of halogens is 3. The molecule has 0 bridgehead atoms. The van der Waals surface area contributed by atoms with E-state index >= 15 is 0 Å². The lowest BCUT2D eigenvalue weighted by Gasteiger charge is -2.46. The van der Waals surface area contributed by atoms with Gasteiger partial charge in [0, 0.05) is 31.4 Å². The Morgan fingerprint density at radius 3 is 2.48 bits per heavy atom. The highest BCUT2D eigenvalue weighted by Crippen LogP contribution is 2.27. The average Bonchev–Trinajstić information content (AvgIpc) is 3.39. The van der Waals surface area contributed by atoms with Gasteiger partial charge in [-0.3, -0.25) is 19.5 Å². The van der Waals surface area contributed by atoms with E-state index in [1.165, 1.54) is 20.3 Å². The lowest BCUT2D eigenvalue weighted by molar-refractivity contribution is -0.163. The maximum Gasteiger partial charge on any atom is 0.401 e. The van der Waals surface area contributed by atoms with Gasteiger partial charge in [-0.2, -0.15) is 18.3 Å². The van der Waals surface area contributed by atoms with Crippen molar-refractivity contribution in [2.45, 2.75) is 51.9 Å². The molecule has 2 unspecified atom stereocenters. The third-order valence-electron chi connectivity index (χ3n) is 6.22. The number of aromatic nitrogens is 5. The van der Waals surface area contributed by atoms with Crippen molar-refractivity contribution in [3.8, 4) is 5.95 Å². The summed E-state index contributed by atoms with van der Waals surface area (Å²) in [4.78, 5) is 31.4. The van der Waals surface area contributed by atoms with Crippen molar-refractivity contribution in [2.24, 2.45) is 0 Å². The zero-order chi connectivity index (χ0) is 23.9. The second-order valence-electron chi connectivity index (χ2n) is 8.29. The minimum atomic E-state index is -4.30. The highest BCUT2D eigenvalue weighted by Gasteiger charge is 2.41. The first-order valence-electron chi connectivity index (χ1n) is 10.9. The van der Waals surface area contributed by atoms with Gasteiger partial charge in [0.2, 0.25) is 5.95 Å². The van der Waals surface area contributed by atoms with Gasteiger partial charge in [-0.1, -0.05) is 13.8 Å². The summed E-state index contributed by atoms with van der Waals surface area (Å²) >= 11 is 0. The fourth-order valence-corrected chi connectivity index (χ4v) is 4.48. The summed E-state index contributed by atoms with van der Waals surface area (Å²) in [5, 5.41) is 8.57. The first kappa shape index (κ1) is 23.0. The summed E-state index contributed by atoms with van der Waals surface area (Å²) in [6.07, 6.45) is -0.264. The van der Waals surface area contributed by atoms with E-state index in [4.69, 9.17) is 0 Å². The molecular weight excluding hydrogens is 439 g/mol. The van der Waals surface area contributed by atoms with Gasteiger partial charge in [-0.25, -0.2) is 9.20 Å². The van der Waals surface area contributed by atoms with Crippen molar-refractivity contribution in [1.82, 2.24) is 34.2 Å². The largest absolute Gasteiger partial charge is 0.401 e. The van der Waals surface area contributed by atoms with Crippen LogP contribution in [0.15, 0.2) is 29.3 Å². The summed E-state index contributed by atoms with van der Waals surface area (Å²) in [6.45, 7) is 4.78. The number of piperazine rings is 1. The van der Waals surface area contributed by atoms with Gasteiger partial charge in [0.1, 0.15) is 5.52 Å². The fraction of sp³-hybridized carbons (Fsp3) is 0.524. The summed E-state index contributed by atoms with van der Waals surface area (Å²) in [5.74, 6) is -0.139. The molecule has 1 saturated heterocycles. The van der Waals surface area contributed by atoms with Crippen molar-refractivity contribution in [3.05, 3.63) is 46.1 Å². The Kier molecular flexibility index (Phi) is 6.04. The molecule has 0 spiro atoms. The van der Waals surface area contributed by atoms with Crippen LogP contribution in [-0.2, 0) is 0 Å². The number of H-pyrrole nitrogens is 1. The Balaban J connectivity index is 1.61. The zero-order valence-electron chi connectivity index (χ0n) is 18.6. The van der Waals surface area contributed by atoms with Crippen LogP contribution in [0.25, 0.3) is 11.5 Å². The number of nitrogens with one attached hydrogen (secondary N) is 1. The lowest BCUT2D eigenvalue weighted by atomic mass is 10.0. The van der Waals surface area contributed by atoms with E-state index in [0.29, 0.717) is 29.6 Å². The number of hydrogen-bond acceptors (Lipinski definition) is 5. The maximum absolute atomic E-state index is 13.4. The minimum absolute atomic E-state index is 0.160. The zero-order valence-corrected chi connectivity index (χ0v) is 18.6. The third-order valence-corrected chi connectivity index (χ3v) is 6.22. The number of alkyl halides is 3. The van der Waals surface area contributed by atoms with Crippen LogP contribution in [0.2, 0.25) is 0 Å². The second kappa shape index (κ2) is 8.65. The van der Waals surface area contributed by atoms with Gasteiger partial charge >= 0.3 is 6.18 Å². The predicted octanol–water partition coefficient (Wildman–Crippen LogP) is 2.39. The van der Waals surface area contributed by atoms with E-state index in [2.05, 4.69) is 15.2 Å². The standard InChI is InChI=1S/C21H26F3N7O2/c1-4-14-10-28(11-15(5-2)29(14)12-21(22,23)24)19(33)16-9-25-31(13(16)3)20-26-18(32)17-7-6-8-30(17)27-20/h6-9,14-15H,4-5,10-12H2,1-3H3,(H,26,27,32). The summed E-state index contributed by atoms with van der Waals surface area (Å²) < 4.78 is 42.2. The Morgan fingerprint density at radius 2 is 1.88 bits per heavy atom. The van der Waals surface area contributed by atoms with E-state index in [1.807, 2.05) is 13.8 Å². The topological polar surface area (TPSA) is 91.5 Å². The Morgan fingerprint density at radius 1 is 1.21 bits per heavy atom. The number of amides is 1. The third kappa shape index (κ3) is 4.39. The van der Waals surface area contributed by atoms with Gasteiger partial charge in [0.25, 0.3) is 11.5 Å². The van der Waals surface area contributed by atoms with Crippen molar-refractivity contribution >= 4 is 11.4 Å². The maximum atomic E-state index is 13.4. The number of rotatable bonds is 5. The SMILES string of the molecule is CCC1CN(C(=O)c2cnn(-c3nn4cccc4c(=O)[nH]3)c2C)CC(CC)N1CC(F)(F)F. The normalized spacial score (nSPS) is 20.0. The molecule has 0 aliphatic carbocycles. The molecule has 3 aromatic rings. The van der Waals surface area contributed by atoms with Crippen molar-refractivity contribution in [2.75, 3.05) is 19.6 Å². The van der Waals surface area contributed by atoms with Gasteiger partial charge in [0.15, 0.2) is 0 Å². The molecule has 178 valence electrons. The second-order valence-corrected chi connectivity index (χ2v) is 8.29. The molecule has 2 atom stereocenters. The molecule has 0 saturated carbocycles. The highest BCUT2D eigenvalue weighted by molar-refractivity contribution is 5.95. The van der Waals surface area contributed by atoms with Crippen molar-refractivity contribution < 1.29 is 18.0 Å². The smallest absolute Gasteiger partial charge is 0.335 e. The van der Waals surface area contributed by atoms with E-state index < -0.39 is 24.8 Å². The summed E-state index contributed by atoms with van der Waals surface area (Å²) in [7, 11) is 0. The molecule has 1 aliphatic heterocycles. The molecule has 4 rings (SSSR count). The number of fused-ring (bicyclic) bond motifs is 1. The van der Waals surface area contributed by atoms with Crippen LogP contribution in [0, 0.1) is 6.92 Å². The van der Waals surface area contributed by atoms with Crippen LogP contribution in [0.4, 0.5) is 13.2 Å². The first-order chi connectivity index (χ1) is 15.6. The van der Waals surface area contributed by atoms with Crippen LogP contribution in [-0.4, -0.2) is 78.0 Å². The molecule has 33 heavy (non-hydrogen) atoms. The molecule has 12 heteroatoms. The molecule has 9 nitrogen and oxygen atoms in total. The molecule has 1 fully saturated rings. The lowest BCUT2D eigenvalue weighted by Crippen LogP contribution is -2.61. The van der Waals surface area contributed by atoms with Crippen LogP contribution in [0.3, 0.4) is 0 Å². The Bertz CT molecular complexity index is 1200. The van der Waals surface area contributed by atoms with Crippen molar-refractivity contribution in [1.29, 1.82) is 0 Å². The molecular formula is C21H26F3N7O2. The number of carbonyl (C=O) groups is 1. The summed E-state index contributed by atoms with van der Waals surface area (Å²) in [6, 6.07) is 2.55. The van der Waals surface area contributed by atoms with Gasteiger partial charge in [0.05, 0.1) is 24.0 Å². The van der Waals surface area contributed by atoms with E-state index in [0.717, 1.165) is 0 Å². The molecule has 3 aromatic heterocycles. The van der Waals surface area contributed by atoms with E-state index in [9.17, 15) is 22.8 Å². The van der Waals surface area contributed by atoms with Crippen molar-refractivity contribution in [3.63, 3.8) is 0 Å². The van der Waals surface area contributed by atoms with Gasteiger partial charge in [-0.15, -0.1) is 5.10 Å². The predicted molar refractivity (Wildman–Crippen MR) is 114 cm³/mol. The minimum Gasteiger partial charge on any atom is -0.335 e. The molecule has 1 amide bonds. The quantitative estimate of drug-likeness (QED) is 0.625. The van der Waals surface area contributed by atoms with Crippen LogP contribution in [0.1, 0.15) is 42.7 Å². The van der Waals surface area contributed by atoms with E-state index in [-0.39, 0.29) is 30.5 Å². The first-order valence-corrected chi connectivity index (χ1v) is 10.9. The van der Waals surface area contributed by atoms with Crippen LogP contribution >= 0.6 is 0 Å².